The van der Waals surface area contributed by atoms with Gasteiger partial charge < -0.3 is 4.90 Å². The average Bonchev–Trinajstić information content (AvgIpc) is 3.40. The first-order valence-corrected chi connectivity index (χ1v) is 11.5. The maximum Gasteiger partial charge on any atom is 0.255 e. The molecule has 0 bridgehead atoms. The Bertz CT molecular complexity index is 717. The lowest BCUT2D eigenvalue weighted by molar-refractivity contribution is 0.0570. The van der Waals surface area contributed by atoms with Crippen LogP contribution in [-0.4, -0.2) is 47.9 Å². The minimum Gasteiger partial charge on any atom is -0.336 e. The highest BCUT2D eigenvalue weighted by molar-refractivity contribution is 7.98. The van der Waals surface area contributed by atoms with E-state index in [9.17, 15) is 4.79 Å². The van der Waals surface area contributed by atoms with Gasteiger partial charge in [-0.1, -0.05) is 31.0 Å². The van der Waals surface area contributed by atoms with Gasteiger partial charge in [0.05, 0.1) is 5.56 Å². The van der Waals surface area contributed by atoms with Crippen molar-refractivity contribution in [3.05, 3.63) is 52.2 Å². The largest absolute Gasteiger partial charge is 0.336 e. The van der Waals surface area contributed by atoms with Crippen molar-refractivity contribution in [1.29, 1.82) is 0 Å². The van der Waals surface area contributed by atoms with Crippen molar-refractivity contribution in [1.82, 2.24) is 9.80 Å². The Balaban J connectivity index is 1.38. The molecule has 2 fully saturated rings. The summed E-state index contributed by atoms with van der Waals surface area (Å²) in [5, 5.41) is 2.11. The molecule has 138 valence electrons. The number of hydrogen-bond donors (Lipinski definition) is 0. The van der Waals surface area contributed by atoms with E-state index in [4.69, 9.17) is 0 Å². The van der Waals surface area contributed by atoms with E-state index in [1.165, 1.54) is 30.6 Å². The van der Waals surface area contributed by atoms with E-state index < -0.39 is 0 Å². The van der Waals surface area contributed by atoms with Crippen LogP contribution in [0.15, 0.2) is 46.7 Å². The molecule has 2 aliphatic rings. The number of benzene rings is 1. The predicted molar refractivity (Wildman–Crippen MR) is 110 cm³/mol. The molecule has 26 heavy (non-hydrogen) atoms. The summed E-state index contributed by atoms with van der Waals surface area (Å²) in [6.07, 6.45) is 5.43. The van der Waals surface area contributed by atoms with E-state index in [1.54, 1.807) is 23.1 Å². The number of carbonyl (C=O) groups is 1. The monoisotopic (exact) mass is 386 g/mol. The van der Waals surface area contributed by atoms with Gasteiger partial charge in [-0.05, 0) is 36.4 Å². The highest BCUT2D eigenvalue weighted by Crippen LogP contribution is 2.29. The summed E-state index contributed by atoms with van der Waals surface area (Å²) in [6.45, 7) is 3.78. The van der Waals surface area contributed by atoms with Crippen LogP contribution in [0.2, 0.25) is 0 Å². The Hall–Kier alpha value is -1.30. The van der Waals surface area contributed by atoms with Crippen LogP contribution in [0.1, 0.15) is 40.9 Å². The summed E-state index contributed by atoms with van der Waals surface area (Å²) >= 11 is 3.55. The zero-order chi connectivity index (χ0) is 17.8. The van der Waals surface area contributed by atoms with Crippen LogP contribution < -0.4 is 0 Å². The third-order valence-electron chi connectivity index (χ3n) is 5.51. The van der Waals surface area contributed by atoms with Crippen LogP contribution >= 0.6 is 23.1 Å². The Kier molecular flexibility index (Phi) is 5.98. The van der Waals surface area contributed by atoms with Crippen molar-refractivity contribution < 1.29 is 4.79 Å². The van der Waals surface area contributed by atoms with Crippen LogP contribution in [0, 0.1) is 0 Å². The Morgan fingerprint density at radius 3 is 2.54 bits per heavy atom. The zero-order valence-corrected chi connectivity index (χ0v) is 16.7. The molecule has 1 aliphatic carbocycles. The first kappa shape index (κ1) is 18.1. The molecule has 2 aromatic rings. The highest BCUT2D eigenvalue weighted by Gasteiger charge is 2.28. The van der Waals surface area contributed by atoms with Gasteiger partial charge in [-0.2, -0.15) is 0 Å². The third kappa shape index (κ3) is 4.16. The number of thiophene rings is 1. The molecule has 1 amide bonds. The summed E-state index contributed by atoms with van der Waals surface area (Å²) < 4.78 is 0. The molecular weight excluding hydrogens is 360 g/mol. The van der Waals surface area contributed by atoms with E-state index in [0.717, 1.165) is 48.4 Å². The highest BCUT2D eigenvalue weighted by atomic mass is 32.2. The van der Waals surface area contributed by atoms with Crippen molar-refractivity contribution >= 4 is 29.0 Å². The van der Waals surface area contributed by atoms with Crippen LogP contribution in [0.3, 0.4) is 0 Å². The molecule has 1 saturated carbocycles. The molecule has 0 spiro atoms. The molecule has 0 N–H and O–H groups in total. The number of hydrogen-bond acceptors (Lipinski definition) is 4. The zero-order valence-electron chi connectivity index (χ0n) is 15.1. The molecule has 1 aliphatic heterocycles. The number of amides is 1. The number of thioether (sulfide) groups is 1. The van der Waals surface area contributed by atoms with Gasteiger partial charge in [-0.25, -0.2) is 0 Å². The summed E-state index contributed by atoms with van der Waals surface area (Å²) in [4.78, 5) is 20.2. The number of nitrogens with zero attached hydrogens (tertiary/aromatic N) is 2. The summed E-state index contributed by atoms with van der Waals surface area (Å²) in [5.74, 6) is 1.13. The Morgan fingerprint density at radius 2 is 1.81 bits per heavy atom. The lowest BCUT2D eigenvalue weighted by Gasteiger charge is -2.38. The smallest absolute Gasteiger partial charge is 0.255 e. The fourth-order valence-corrected chi connectivity index (χ4v) is 5.86. The van der Waals surface area contributed by atoms with E-state index in [0.29, 0.717) is 0 Å². The molecule has 0 atom stereocenters. The lowest BCUT2D eigenvalue weighted by atomic mass is 10.1. The van der Waals surface area contributed by atoms with E-state index >= 15 is 0 Å². The standard InChI is InChI=1S/C21H26N2OS2/c24-21(23-13-11-22(12-14-23)17-6-1-2-7-17)19-9-3-4-10-20(19)26-16-18-8-5-15-25-18/h3-5,8-10,15,17H,1-2,6-7,11-14,16H2. The van der Waals surface area contributed by atoms with Crippen LogP contribution in [0.4, 0.5) is 0 Å². The van der Waals surface area contributed by atoms with Gasteiger partial charge in [0.15, 0.2) is 0 Å². The van der Waals surface area contributed by atoms with Crippen LogP contribution in [0.5, 0.6) is 0 Å². The Labute approximate surface area is 164 Å². The number of rotatable bonds is 5. The van der Waals surface area contributed by atoms with Crippen molar-refractivity contribution in [2.45, 2.75) is 42.4 Å². The minimum atomic E-state index is 0.199. The molecule has 1 saturated heterocycles. The van der Waals surface area contributed by atoms with Gasteiger partial charge >= 0.3 is 0 Å². The molecule has 5 heteroatoms. The molecule has 3 nitrogen and oxygen atoms in total. The molecular formula is C21H26N2OS2. The fraction of sp³-hybridized carbons (Fsp3) is 0.476. The summed E-state index contributed by atoms with van der Waals surface area (Å²) in [6, 6.07) is 13.1. The SMILES string of the molecule is O=C(c1ccccc1SCc1cccs1)N1CCN(C2CCCC2)CC1. The molecule has 2 heterocycles. The average molecular weight is 387 g/mol. The summed E-state index contributed by atoms with van der Waals surface area (Å²) in [5.41, 5.74) is 0.864. The van der Waals surface area contributed by atoms with E-state index in [2.05, 4.69) is 33.4 Å². The third-order valence-corrected chi connectivity index (χ3v) is 7.69. The van der Waals surface area contributed by atoms with Crippen molar-refractivity contribution in [2.24, 2.45) is 0 Å². The first-order chi connectivity index (χ1) is 12.8. The minimum absolute atomic E-state index is 0.199. The van der Waals surface area contributed by atoms with Crippen LogP contribution in [0.25, 0.3) is 0 Å². The molecule has 0 unspecified atom stereocenters. The second-order valence-corrected chi connectivity index (χ2v) is 9.18. The van der Waals surface area contributed by atoms with E-state index in [-0.39, 0.29) is 5.91 Å². The normalized spacial score (nSPS) is 19.2. The first-order valence-electron chi connectivity index (χ1n) is 9.59. The van der Waals surface area contributed by atoms with Gasteiger partial charge in [0.1, 0.15) is 0 Å². The van der Waals surface area contributed by atoms with Gasteiger partial charge in [0, 0.05) is 47.7 Å². The molecule has 0 radical (unpaired) electrons. The molecule has 1 aromatic carbocycles. The fourth-order valence-electron chi connectivity index (χ4n) is 4.04. The van der Waals surface area contributed by atoms with E-state index in [1.807, 2.05) is 18.2 Å². The van der Waals surface area contributed by atoms with Crippen LogP contribution in [-0.2, 0) is 5.75 Å². The lowest BCUT2D eigenvalue weighted by Crippen LogP contribution is -2.51. The quantitative estimate of drug-likeness (QED) is 0.694. The topological polar surface area (TPSA) is 23.6 Å². The maximum atomic E-state index is 13.1. The number of piperazine rings is 1. The second-order valence-electron chi connectivity index (χ2n) is 7.13. The van der Waals surface area contributed by atoms with Crippen molar-refractivity contribution in [3.8, 4) is 0 Å². The molecule has 1 aromatic heterocycles. The van der Waals surface area contributed by atoms with Gasteiger partial charge in [-0.3, -0.25) is 9.69 Å². The van der Waals surface area contributed by atoms with Gasteiger partial charge in [0.2, 0.25) is 0 Å². The maximum absolute atomic E-state index is 13.1. The van der Waals surface area contributed by atoms with Gasteiger partial charge in [0.25, 0.3) is 5.91 Å². The van der Waals surface area contributed by atoms with Crippen molar-refractivity contribution in [3.63, 3.8) is 0 Å². The predicted octanol–water partition coefficient (Wildman–Crippen LogP) is 4.74. The van der Waals surface area contributed by atoms with Gasteiger partial charge in [-0.15, -0.1) is 23.1 Å². The van der Waals surface area contributed by atoms with Crippen molar-refractivity contribution in [2.75, 3.05) is 26.2 Å². The molecule has 4 rings (SSSR count). The number of carbonyl (C=O) groups excluding carboxylic acids is 1. The Morgan fingerprint density at radius 1 is 1.04 bits per heavy atom. The second kappa shape index (κ2) is 8.59. The summed E-state index contributed by atoms with van der Waals surface area (Å²) in [7, 11) is 0.